The highest BCUT2D eigenvalue weighted by atomic mass is 35.5. The van der Waals surface area contributed by atoms with Gasteiger partial charge in [-0.3, -0.25) is 9.48 Å². The number of carbonyl (C=O) groups excluding carboxylic acids is 1. The Balaban J connectivity index is 1.88. The van der Waals surface area contributed by atoms with Crippen molar-refractivity contribution in [2.45, 2.75) is 39.9 Å². The molecule has 124 valence electrons. The van der Waals surface area contributed by atoms with Crippen LogP contribution >= 0.6 is 11.6 Å². The molecule has 0 unspecified atom stereocenters. The van der Waals surface area contributed by atoms with Crippen molar-refractivity contribution in [3.63, 3.8) is 0 Å². The standard InChI is InChI=1S/C13H17ClN6O3/c1-3-18-11(10(14)7-16-18)8-15-13(21)4-5-19-9(2)6-12(17-19)20(22)23/h6-7H,3-5,8H2,1-2H3,(H,15,21). The Kier molecular flexibility index (Phi) is 5.32. The van der Waals surface area contributed by atoms with Crippen LogP contribution in [-0.2, 0) is 24.4 Å². The van der Waals surface area contributed by atoms with Crippen molar-refractivity contribution in [2.24, 2.45) is 0 Å². The molecule has 0 bridgehead atoms. The summed E-state index contributed by atoms with van der Waals surface area (Å²) in [6.07, 6.45) is 1.70. The summed E-state index contributed by atoms with van der Waals surface area (Å²) in [5.41, 5.74) is 1.38. The van der Waals surface area contributed by atoms with Crippen LogP contribution in [0.3, 0.4) is 0 Å². The number of aryl methyl sites for hydroxylation is 3. The summed E-state index contributed by atoms with van der Waals surface area (Å²) in [4.78, 5) is 22.0. The summed E-state index contributed by atoms with van der Waals surface area (Å²) in [6.45, 7) is 4.85. The van der Waals surface area contributed by atoms with Crippen LogP contribution in [-0.4, -0.2) is 30.4 Å². The van der Waals surface area contributed by atoms with Gasteiger partial charge in [0, 0.05) is 13.0 Å². The summed E-state index contributed by atoms with van der Waals surface area (Å²) >= 11 is 6.02. The fourth-order valence-electron chi connectivity index (χ4n) is 2.12. The van der Waals surface area contributed by atoms with E-state index in [-0.39, 0.29) is 31.2 Å². The lowest BCUT2D eigenvalue weighted by Crippen LogP contribution is -2.25. The Bertz CT molecular complexity index is 723. The number of hydrogen-bond acceptors (Lipinski definition) is 5. The average molecular weight is 341 g/mol. The van der Waals surface area contributed by atoms with Gasteiger partial charge in [-0.15, -0.1) is 0 Å². The Morgan fingerprint density at radius 3 is 2.83 bits per heavy atom. The molecule has 0 radical (unpaired) electrons. The van der Waals surface area contributed by atoms with E-state index in [1.54, 1.807) is 17.8 Å². The Labute approximate surface area is 137 Å². The Morgan fingerprint density at radius 1 is 1.48 bits per heavy atom. The van der Waals surface area contributed by atoms with Gasteiger partial charge in [-0.05, 0) is 18.8 Å². The quantitative estimate of drug-likeness (QED) is 0.609. The van der Waals surface area contributed by atoms with Crippen molar-refractivity contribution in [1.29, 1.82) is 0 Å². The molecule has 0 spiro atoms. The molecular weight excluding hydrogens is 324 g/mol. The lowest BCUT2D eigenvalue weighted by molar-refractivity contribution is -0.389. The molecule has 0 saturated heterocycles. The molecule has 2 aromatic heterocycles. The van der Waals surface area contributed by atoms with E-state index >= 15 is 0 Å². The van der Waals surface area contributed by atoms with E-state index in [1.807, 2.05) is 6.92 Å². The van der Waals surface area contributed by atoms with Gasteiger partial charge in [0.1, 0.15) is 0 Å². The molecule has 0 fully saturated rings. The minimum absolute atomic E-state index is 0.164. The molecule has 0 aliphatic carbocycles. The highest BCUT2D eigenvalue weighted by molar-refractivity contribution is 6.31. The molecule has 0 atom stereocenters. The van der Waals surface area contributed by atoms with Crippen LogP contribution in [0.1, 0.15) is 24.7 Å². The summed E-state index contributed by atoms with van der Waals surface area (Å²) in [5.74, 6) is -0.413. The number of nitro groups is 1. The number of amides is 1. The second kappa shape index (κ2) is 7.23. The molecule has 0 aromatic carbocycles. The molecule has 0 aliphatic rings. The van der Waals surface area contributed by atoms with Gasteiger partial charge in [-0.25, -0.2) is 0 Å². The van der Waals surface area contributed by atoms with Crippen LogP contribution in [0.4, 0.5) is 5.82 Å². The van der Waals surface area contributed by atoms with Crippen LogP contribution < -0.4 is 5.32 Å². The predicted molar refractivity (Wildman–Crippen MR) is 83.0 cm³/mol. The van der Waals surface area contributed by atoms with Crippen molar-refractivity contribution in [3.8, 4) is 0 Å². The lowest BCUT2D eigenvalue weighted by Gasteiger charge is -2.07. The van der Waals surface area contributed by atoms with Gasteiger partial charge in [0.25, 0.3) is 0 Å². The smallest absolute Gasteiger partial charge is 0.358 e. The topological polar surface area (TPSA) is 108 Å². The maximum atomic E-state index is 11.9. The molecule has 0 aliphatic heterocycles. The summed E-state index contributed by atoms with van der Waals surface area (Å²) in [6, 6.07) is 1.37. The third-order valence-electron chi connectivity index (χ3n) is 3.36. The van der Waals surface area contributed by atoms with Crippen molar-refractivity contribution in [1.82, 2.24) is 24.9 Å². The van der Waals surface area contributed by atoms with Crippen LogP contribution in [0.25, 0.3) is 0 Å². The molecule has 10 heteroatoms. The maximum absolute atomic E-state index is 11.9. The molecule has 2 heterocycles. The number of nitrogens with one attached hydrogen (secondary N) is 1. The zero-order valence-corrected chi connectivity index (χ0v) is 13.6. The Hall–Kier alpha value is -2.42. The number of carbonyl (C=O) groups is 1. The first kappa shape index (κ1) is 16.9. The maximum Gasteiger partial charge on any atom is 0.390 e. The summed E-state index contributed by atoms with van der Waals surface area (Å²) in [7, 11) is 0. The van der Waals surface area contributed by atoms with E-state index in [4.69, 9.17) is 11.6 Å². The van der Waals surface area contributed by atoms with Gasteiger partial charge in [-0.1, -0.05) is 11.6 Å². The number of rotatable bonds is 7. The Morgan fingerprint density at radius 2 is 2.22 bits per heavy atom. The average Bonchev–Trinajstić information content (AvgIpc) is 3.06. The summed E-state index contributed by atoms with van der Waals surface area (Å²) in [5, 5.41) is 21.9. The second-order valence-corrected chi connectivity index (χ2v) is 5.31. The zero-order chi connectivity index (χ0) is 17.0. The van der Waals surface area contributed by atoms with E-state index in [2.05, 4.69) is 15.5 Å². The monoisotopic (exact) mass is 340 g/mol. The van der Waals surface area contributed by atoms with Crippen molar-refractivity contribution < 1.29 is 9.72 Å². The van der Waals surface area contributed by atoms with Gasteiger partial charge in [-0.2, -0.15) is 9.78 Å². The number of aromatic nitrogens is 4. The SMILES string of the molecule is CCn1ncc(Cl)c1CNC(=O)CCn1nc([N+](=O)[O-])cc1C. The molecule has 1 amide bonds. The fourth-order valence-corrected chi connectivity index (χ4v) is 2.33. The third-order valence-corrected chi connectivity index (χ3v) is 3.67. The molecule has 9 nitrogen and oxygen atoms in total. The van der Waals surface area contributed by atoms with Crippen LogP contribution in [0, 0.1) is 17.0 Å². The van der Waals surface area contributed by atoms with Gasteiger partial charge >= 0.3 is 5.82 Å². The largest absolute Gasteiger partial charge is 0.390 e. The van der Waals surface area contributed by atoms with E-state index < -0.39 is 4.92 Å². The molecule has 0 saturated carbocycles. The lowest BCUT2D eigenvalue weighted by atomic mass is 10.3. The van der Waals surface area contributed by atoms with Gasteiger partial charge < -0.3 is 15.4 Å². The molecule has 1 N–H and O–H groups in total. The van der Waals surface area contributed by atoms with Crippen LogP contribution in [0.2, 0.25) is 5.02 Å². The predicted octanol–water partition coefficient (Wildman–Crippen LogP) is 1.68. The van der Waals surface area contributed by atoms with Gasteiger partial charge in [0.2, 0.25) is 5.91 Å². The first-order valence-electron chi connectivity index (χ1n) is 7.08. The minimum atomic E-state index is -0.558. The van der Waals surface area contributed by atoms with Crippen LogP contribution in [0.15, 0.2) is 12.3 Å². The van der Waals surface area contributed by atoms with E-state index in [9.17, 15) is 14.9 Å². The minimum Gasteiger partial charge on any atom is -0.358 e. The van der Waals surface area contributed by atoms with E-state index in [1.165, 1.54) is 10.7 Å². The zero-order valence-electron chi connectivity index (χ0n) is 12.8. The third kappa shape index (κ3) is 4.07. The van der Waals surface area contributed by atoms with Crippen molar-refractivity contribution >= 4 is 23.3 Å². The first-order chi connectivity index (χ1) is 10.9. The van der Waals surface area contributed by atoms with E-state index in [0.717, 1.165) is 5.69 Å². The van der Waals surface area contributed by atoms with Gasteiger partial charge in [0.05, 0.1) is 46.9 Å². The number of hydrogen-bond donors (Lipinski definition) is 1. The van der Waals surface area contributed by atoms with Crippen LogP contribution in [0.5, 0.6) is 0 Å². The number of halogens is 1. The normalized spacial score (nSPS) is 10.7. The molecule has 2 rings (SSSR count). The van der Waals surface area contributed by atoms with Crippen molar-refractivity contribution in [3.05, 3.63) is 38.8 Å². The molecular formula is C13H17ClN6O3. The molecule has 23 heavy (non-hydrogen) atoms. The highest BCUT2D eigenvalue weighted by Crippen LogP contribution is 2.15. The second-order valence-electron chi connectivity index (χ2n) is 4.91. The van der Waals surface area contributed by atoms with E-state index in [0.29, 0.717) is 17.3 Å². The van der Waals surface area contributed by atoms with Crippen molar-refractivity contribution in [2.75, 3.05) is 0 Å². The first-order valence-corrected chi connectivity index (χ1v) is 7.46. The fraction of sp³-hybridized carbons (Fsp3) is 0.462. The molecule has 2 aromatic rings. The van der Waals surface area contributed by atoms with Gasteiger partial charge in [0.15, 0.2) is 0 Å². The summed E-state index contributed by atoms with van der Waals surface area (Å²) < 4.78 is 3.16. The number of nitrogens with zero attached hydrogens (tertiary/aromatic N) is 5. The highest BCUT2D eigenvalue weighted by Gasteiger charge is 2.16.